The van der Waals surface area contributed by atoms with Crippen LogP contribution in [0.4, 0.5) is 11.8 Å². The molecule has 0 unspecified atom stereocenters. The van der Waals surface area contributed by atoms with Crippen molar-refractivity contribution in [3.63, 3.8) is 0 Å². The van der Waals surface area contributed by atoms with Gasteiger partial charge < -0.3 is 15.5 Å². The summed E-state index contributed by atoms with van der Waals surface area (Å²) in [5, 5.41) is 8.28. The highest BCUT2D eigenvalue weighted by Gasteiger charge is 2.13. The third-order valence-corrected chi connectivity index (χ3v) is 5.88. The van der Waals surface area contributed by atoms with Crippen molar-refractivity contribution in [3.8, 4) is 0 Å². The van der Waals surface area contributed by atoms with Gasteiger partial charge in [-0.25, -0.2) is 4.98 Å². The van der Waals surface area contributed by atoms with E-state index in [9.17, 15) is 4.79 Å². The maximum atomic E-state index is 12.0. The standard InChI is InChI=1S/C20H29N5OS/c1-15-8-13-27-17(15)6-7-19(26)21-9-10-22-20-23-16(2)14-18(24-20)25-11-4-3-5-12-25/h8,13-14H,3-7,9-12H2,1-2H3,(H,21,26)(H,22,23,24). The Kier molecular flexibility index (Phi) is 7.04. The summed E-state index contributed by atoms with van der Waals surface area (Å²) in [5.74, 6) is 1.72. The quantitative estimate of drug-likeness (QED) is 0.680. The summed E-state index contributed by atoms with van der Waals surface area (Å²) in [6, 6.07) is 4.15. The summed E-state index contributed by atoms with van der Waals surface area (Å²) >= 11 is 1.72. The van der Waals surface area contributed by atoms with Crippen LogP contribution in [0.2, 0.25) is 0 Å². The molecule has 3 heterocycles. The fourth-order valence-corrected chi connectivity index (χ4v) is 4.18. The molecular formula is C20H29N5OS. The third-order valence-electron chi connectivity index (χ3n) is 4.80. The van der Waals surface area contributed by atoms with E-state index in [2.05, 4.69) is 43.9 Å². The highest BCUT2D eigenvalue weighted by Crippen LogP contribution is 2.19. The zero-order valence-corrected chi connectivity index (χ0v) is 17.1. The fraction of sp³-hybridized carbons (Fsp3) is 0.550. The Bertz CT molecular complexity index is 755. The van der Waals surface area contributed by atoms with Crippen molar-refractivity contribution in [1.29, 1.82) is 0 Å². The number of thiophene rings is 1. The molecule has 0 aromatic carbocycles. The molecule has 1 saturated heterocycles. The van der Waals surface area contributed by atoms with Crippen LogP contribution in [0.3, 0.4) is 0 Å². The van der Waals surface area contributed by atoms with Crippen LogP contribution in [0.25, 0.3) is 0 Å². The smallest absolute Gasteiger partial charge is 0.224 e. The minimum Gasteiger partial charge on any atom is -0.356 e. The van der Waals surface area contributed by atoms with E-state index in [1.54, 1.807) is 11.3 Å². The van der Waals surface area contributed by atoms with Gasteiger partial charge in [-0.05, 0) is 56.5 Å². The van der Waals surface area contributed by atoms with E-state index >= 15 is 0 Å². The Morgan fingerprint density at radius 2 is 2.00 bits per heavy atom. The van der Waals surface area contributed by atoms with Gasteiger partial charge in [-0.3, -0.25) is 4.79 Å². The number of nitrogens with zero attached hydrogens (tertiary/aromatic N) is 3. The number of aromatic nitrogens is 2. The maximum Gasteiger partial charge on any atom is 0.224 e. The number of anilines is 2. The van der Waals surface area contributed by atoms with Gasteiger partial charge in [0, 0.05) is 49.2 Å². The van der Waals surface area contributed by atoms with E-state index < -0.39 is 0 Å². The molecule has 0 spiro atoms. The average Bonchev–Trinajstić information content (AvgIpc) is 3.09. The summed E-state index contributed by atoms with van der Waals surface area (Å²) in [5.41, 5.74) is 2.24. The van der Waals surface area contributed by atoms with Gasteiger partial charge in [0.15, 0.2) is 0 Å². The number of carbonyl (C=O) groups excluding carboxylic acids is 1. The largest absolute Gasteiger partial charge is 0.356 e. The van der Waals surface area contributed by atoms with Crippen molar-refractivity contribution in [2.45, 2.75) is 46.0 Å². The van der Waals surface area contributed by atoms with Gasteiger partial charge >= 0.3 is 0 Å². The first-order chi connectivity index (χ1) is 13.1. The maximum absolute atomic E-state index is 12.0. The minimum atomic E-state index is 0.0868. The lowest BCUT2D eigenvalue weighted by Gasteiger charge is -2.28. The van der Waals surface area contributed by atoms with Gasteiger partial charge in [-0.2, -0.15) is 4.98 Å². The lowest BCUT2D eigenvalue weighted by Crippen LogP contribution is -2.31. The van der Waals surface area contributed by atoms with Crippen LogP contribution in [0.5, 0.6) is 0 Å². The molecule has 1 aliphatic rings. The molecule has 0 radical (unpaired) electrons. The monoisotopic (exact) mass is 387 g/mol. The second-order valence-electron chi connectivity index (χ2n) is 7.04. The van der Waals surface area contributed by atoms with Crippen LogP contribution in [-0.4, -0.2) is 42.1 Å². The molecule has 2 aromatic heterocycles. The number of aryl methyl sites for hydroxylation is 3. The lowest BCUT2D eigenvalue weighted by atomic mass is 10.1. The molecule has 1 aliphatic heterocycles. The SMILES string of the molecule is Cc1cc(N2CCCCC2)nc(NCCNC(=O)CCc2sccc2C)n1. The molecule has 0 aliphatic carbocycles. The van der Waals surface area contributed by atoms with Gasteiger partial charge in [0.1, 0.15) is 5.82 Å². The van der Waals surface area contributed by atoms with E-state index in [4.69, 9.17) is 0 Å². The zero-order valence-electron chi connectivity index (χ0n) is 16.3. The number of rotatable bonds is 8. The highest BCUT2D eigenvalue weighted by molar-refractivity contribution is 7.10. The summed E-state index contributed by atoms with van der Waals surface area (Å²) in [7, 11) is 0. The van der Waals surface area contributed by atoms with Crippen molar-refractivity contribution >= 4 is 29.0 Å². The Hall–Kier alpha value is -2.15. The molecule has 3 rings (SSSR count). The Labute approximate surface area is 165 Å². The predicted molar refractivity (Wildman–Crippen MR) is 112 cm³/mol. The molecular weight excluding hydrogens is 358 g/mol. The van der Waals surface area contributed by atoms with E-state index in [0.717, 1.165) is 31.0 Å². The normalized spacial score (nSPS) is 14.2. The highest BCUT2D eigenvalue weighted by atomic mass is 32.1. The lowest BCUT2D eigenvalue weighted by molar-refractivity contribution is -0.120. The summed E-state index contributed by atoms with van der Waals surface area (Å²) in [6.07, 6.45) is 5.09. The van der Waals surface area contributed by atoms with Crippen LogP contribution in [-0.2, 0) is 11.2 Å². The molecule has 1 fully saturated rings. The first-order valence-electron chi connectivity index (χ1n) is 9.76. The van der Waals surface area contributed by atoms with Crippen LogP contribution in [0.15, 0.2) is 17.5 Å². The molecule has 0 atom stereocenters. The number of carbonyl (C=O) groups is 1. The van der Waals surface area contributed by atoms with Crippen LogP contribution in [0.1, 0.15) is 41.8 Å². The number of hydrogen-bond acceptors (Lipinski definition) is 6. The number of hydrogen-bond donors (Lipinski definition) is 2. The van der Waals surface area contributed by atoms with E-state index in [1.807, 2.05) is 13.0 Å². The number of piperidine rings is 1. The van der Waals surface area contributed by atoms with Gasteiger partial charge in [-0.1, -0.05) is 0 Å². The van der Waals surface area contributed by atoms with Crippen molar-refractivity contribution in [2.75, 3.05) is 36.4 Å². The molecule has 7 heteroatoms. The van der Waals surface area contributed by atoms with Gasteiger partial charge in [0.25, 0.3) is 0 Å². The predicted octanol–water partition coefficient (Wildman–Crippen LogP) is 3.31. The summed E-state index contributed by atoms with van der Waals surface area (Å²) in [6.45, 7) is 7.40. The van der Waals surface area contributed by atoms with Crippen LogP contribution in [0, 0.1) is 13.8 Å². The van der Waals surface area contributed by atoms with Crippen molar-refractivity contribution in [2.24, 2.45) is 0 Å². The Balaban J connectivity index is 1.41. The molecule has 27 heavy (non-hydrogen) atoms. The van der Waals surface area contributed by atoms with E-state index in [-0.39, 0.29) is 5.91 Å². The number of amides is 1. The molecule has 1 amide bonds. The van der Waals surface area contributed by atoms with Gasteiger partial charge in [0.05, 0.1) is 0 Å². The molecule has 0 saturated carbocycles. The number of nitrogens with one attached hydrogen (secondary N) is 2. The second kappa shape index (κ2) is 9.69. The van der Waals surface area contributed by atoms with Crippen molar-refractivity contribution < 1.29 is 4.79 Å². The first-order valence-corrected chi connectivity index (χ1v) is 10.6. The fourth-order valence-electron chi connectivity index (χ4n) is 3.27. The molecule has 2 aromatic rings. The van der Waals surface area contributed by atoms with Gasteiger partial charge in [0.2, 0.25) is 11.9 Å². The van der Waals surface area contributed by atoms with Crippen molar-refractivity contribution in [3.05, 3.63) is 33.6 Å². The second-order valence-corrected chi connectivity index (χ2v) is 8.04. The summed E-state index contributed by atoms with van der Waals surface area (Å²) in [4.78, 5) is 24.7. The van der Waals surface area contributed by atoms with E-state index in [0.29, 0.717) is 25.5 Å². The summed E-state index contributed by atoms with van der Waals surface area (Å²) < 4.78 is 0. The van der Waals surface area contributed by atoms with Crippen molar-refractivity contribution in [1.82, 2.24) is 15.3 Å². The van der Waals surface area contributed by atoms with E-state index in [1.165, 1.54) is 29.7 Å². The zero-order chi connectivity index (χ0) is 19.1. The van der Waals surface area contributed by atoms with Gasteiger partial charge in [-0.15, -0.1) is 11.3 Å². The van der Waals surface area contributed by atoms with Crippen LogP contribution < -0.4 is 15.5 Å². The molecule has 146 valence electrons. The minimum absolute atomic E-state index is 0.0868. The average molecular weight is 388 g/mol. The van der Waals surface area contributed by atoms with Crippen LogP contribution >= 0.6 is 11.3 Å². The third kappa shape index (κ3) is 5.92. The Morgan fingerprint density at radius 3 is 2.74 bits per heavy atom. The molecule has 6 nitrogen and oxygen atoms in total. The Morgan fingerprint density at radius 1 is 1.19 bits per heavy atom. The molecule has 0 bridgehead atoms. The molecule has 2 N–H and O–H groups in total. The first kappa shape index (κ1) is 19.6. The topological polar surface area (TPSA) is 70.2 Å².